The van der Waals surface area contributed by atoms with Crippen LogP contribution in [0.5, 0.6) is 0 Å². The molecular weight excluding hydrogens is 340 g/mol. The van der Waals surface area contributed by atoms with Crippen LogP contribution in [0.2, 0.25) is 0 Å². The summed E-state index contributed by atoms with van der Waals surface area (Å²) in [4.78, 5) is 23.7. The Morgan fingerprint density at radius 3 is 2.74 bits per heavy atom. The second-order valence-corrected chi connectivity index (χ2v) is 8.37. The van der Waals surface area contributed by atoms with Crippen molar-refractivity contribution in [1.29, 1.82) is 0 Å². The van der Waals surface area contributed by atoms with Gasteiger partial charge in [-0.1, -0.05) is 37.9 Å². The van der Waals surface area contributed by atoms with Crippen LogP contribution in [-0.4, -0.2) is 39.0 Å². The Morgan fingerprint density at radius 2 is 2.04 bits per heavy atom. The topological polar surface area (TPSA) is 72.1 Å². The van der Waals surface area contributed by atoms with Crippen LogP contribution in [0.4, 0.5) is 0 Å². The summed E-state index contributed by atoms with van der Waals surface area (Å²) in [5.74, 6) is 2.69. The second kappa shape index (κ2) is 7.79. The first-order chi connectivity index (χ1) is 13.1. The van der Waals surface area contributed by atoms with Crippen LogP contribution in [-0.2, 0) is 4.79 Å². The molecule has 2 aromatic heterocycles. The average Bonchev–Trinajstić information content (AvgIpc) is 3.40. The number of hydrogen-bond acceptors (Lipinski definition) is 5. The average molecular weight is 368 g/mol. The summed E-state index contributed by atoms with van der Waals surface area (Å²) >= 11 is 0. The SMILES string of the molecule is CC(C)CC(=O)N1CC(c2cccnc2)C(c2nc(C3CCCC3)no2)C1. The minimum absolute atomic E-state index is 0.0352. The molecule has 27 heavy (non-hydrogen) atoms. The molecule has 2 aliphatic rings. The molecule has 6 nitrogen and oxygen atoms in total. The molecule has 2 aromatic rings. The summed E-state index contributed by atoms with van der Waals surface area (Å²) in [6.45, 7) is 5.48. The maximum Gasteiger partial charge on any atom is 0.232 e. The summed E-state index contributed by atoms with van der Waals surface area (Å²) in [5, 5.41) is 4.28. The highest BCUT2D eigenvalue weighted by atomic mass is 16.5. The molecular formula is C21H28N4O2. The van der Waals surface area contributed by atoms with Gasteiger partial charge in [0.15, 0.2) is 5.82 Å². The van der Waals surface area contributed by atoms with E-state index in [2.05, 4.69) is 30.1 Å². The van der Waals surface area contributed by atoms with Crippen molar-refractivity contribution in [2.24, 2.45) is 5.92 Å². The largest absolute Gasteiger partial charge is 0.341 e. The van der Waals surface area contributed by atoms with Gasteiger partial charge in [-0.3, -0.25) is 9.78 Å². The normalized spacial score (nSPS) is 23.4. The first-order valence-corrected chi connectivity index (χ1v) is 10.1. The van der Waals surface area contributed by atoms with Gasteiger partial charge in [0.25, 0.3) is 0 Å². The van der Waals surface area contributed by atoms with Gasteiger partial charge in [0.2, 0.25) is 11.8 Å². The minimum Gasteiger partial charge on any atom is -0.341 e. The Morgan fingerprint density at radius 1 is 1.26 bits per heavy atom. The maximum absolute atomic E-state index is 12.7. The van der Waals surface area contributed by atoms with E-state index < -0.39 is 0 Å². The van der Waals surface area contributed by atoms with Gasteiger partial charge in [-0.2, -0.15) is 4.98 Å². The fourth-order valence-corrected chi connectivity index (χ4v) is 4.42. The van der Waals surface area contributed by atoms with Crippen molar-refractivity contribution >= 4 is 5.91 Å². The molecule has 1 aliphatic carbocycles. The molecule has 6 heteroatoms. The Bertz CT molecular complexity index is 767. The number of nitrogens with zero attached hydrogens (tertiary/aromatic N) is 4. The molecule has 0 aromatic carbocycles. The number of pyridine rings is 1. The van der Waals surface area contributed by atoms with E-state index in [0.29, 0.717) is 37.2 Å². The van der Waals surface area contributed by atoms with Crippen molar-refractivity contribution in [2.45, 2.75) is 63.7 Å². The maximum atomic E-state index is 12.7. The van der Waals surface area contributed by atoms with Crippen molar-refractivity contribution in [1.82, 2.24) is 20.0 Å². The van der Waals surface area contributed by atoms with Gasteiger partial charge in [-0.05, 0) is 30.4 Å². The van der Waals surface area contributed by atoms with Crippen LogP contribution < -0.4 is 0 Å². The molecule has 2 fully saturated rings. The van der Waals surface area contributed by atoms with E-state index >= 15 is 0 Å². The number of rotatable bonds is 5. The standard InChI is InChI=1S/C21H28N4O2/c1-14(2)10-19(26)25-12-17(16-8-5-9-22-11-16)18(13-25)21-23-20(24-27-21)15-6-3-4-7-15/h5,8-9,11,14-15,17-18H,3-4,6-7,10,12-13H2,1-2H3. The Hall–Kier alpha value is -2.24. The third-order valence-electron chi connectivity index (χ3n) is 5.86. The van der Waals surface area contributed by atoms with Crippen molar-refractivity contribution in [3.05, 3.63) is 41.8 Å². The van der Waals surface area contributed by atoms with Gasteiger partial charge < -0.3 is 9.42 Å². The quantitative estimate of drug-likeness (QED) is 0.801. The molecule has 4 rings (SSSR count). The molecule has 0 N–H and O–H groups in total. The van der Waals surface area contributed by atoms with Gasteiger partial charge >= 0.3 is 0 Å². The highest BCUT2D eigenvalue weighted by Crippen LogP contribution is 2.40. The van der Waals surface area contributed by atoms with Crippen LogP contribution in [0.25, 0.3) is 0 Å². The number of carbonyl (C=O) groups excluding carboxylic acids is 1. The van der Waals surface area contributed by atoms with E-state index in [0.717, 1.165) is 24.2 Å². The number of hydrogen-bond donors (Lipinski definition) is 0. The first kappa shape index (κ1) is 18.1. The van der Waals surface area contributed by atoms with E-state index in [1.54, 1.807) is 6.20 Å². The summed E-state index contributed by atoms with van der Waals surface area (Å²) in [6.07, 6.45) is 9.02. The molecule has 2 atom stereocenters. The van der Waals surface area contributed by atoms with Gasteiger partial charge in [0.1, 0.15) is 0 Å². The predicted molar refractivity (Wildman–Crippen MR) is 101 cm³/mol. The minimum atomic E-state index is 0.0352. The highest BCUT2D eigenvalue weighted by Gasteiger charge is 2.40. The van der Waals surface area contributed by atoms with Crippen LogP contribution in [0.1, 0.15) is 81.0 Å². The molecule has 1 saturated carbocycles. The van der Waals surface area contributed by atoms with Crippen molar-refractivity contribution in [3.63, 3.8) is 0 Å². The molecule has 1 amide bonds. The zero-order valence-electron chi connectivity index (χ0n) is 16.2. The number of amides is 1. The van der Waals surface area contributed by atoms with E-state index in [1.165, 1.54) is 12.8 Å². The van der Waals surface area contributed by atoms with Crippen LogP contribution in [0, 0.1) is 5.92 Å². The summed E-state index contributed by atoms with van der Waals surface area (Å²) < 4.78 is 5.70. The van der Waals surface area contributed by atoms with E-state index in [1.807, 2.05) is 17.2 Å². The van der Waals surface area contributed by atoms with Crippen LogP contribution in [0.3, 0.4) is 0 Å². The van der Waals surface area contributed by atoms with E-state index in [4.69, 9.17) is 9.51 Å². The monoisotopic (exact) mass is 368 g/mol. The van der Waals surface area contributed by atoms with Crippen molar-refractivity contribution < 1.29 is 9.32 Å². The zero-order valence-corrected chi connectivity index (χ0v) is 16.2. The molecule has 0 spiro atoms. The van der Waals surface area contributed by atoms with E-state index in [9.17, 15) is 4.79 Å². The van der Waals surface area contributed by atoms with Gasteiger partial charge in [-0.25, -0.2) is 0 Å². The molecule has 1 aliphatic heterocycles. The summed E-state index contributed by atoms with van der Waals surface area (Å²) in [5.41, 5.74) is 1.13. The van der Waals surface area contributed by atoms with E-state index in [-0.39, 0.29) is 17.7 Å². The molecule has 2 unspecified atom stereocenters. The first-order valence-electron chi connectivity index (χ1n) is 10.1. The molecule has 144 valence electrons. The fraction of sp³-hybridized carbons (Fsp3) is 0.619. The molecule has 1 saturated heterocycles. The lowest BCUT2D eigenvalue weighted by Gasteiger charge is -2.17. The summed E-state index contributed by atoms with van der Waals surface area (Å²) in [7, 11) is 0. The second-order valence-electron chi connectivity index (χ2n) is 8.37. The number of likely N-dealkylation sites (tertiary alicyclic amines) is 1. The van der Waals surface area contributed by atoms with Crippen molar-refractivity contribution in [3.8, 4) is 0 Å². The zero-order chi connectivity index (χ0) is 18.8. The molecule has 3 heterocycles. The smallest absolute Gasteiger partial charge is 0.232 e. The van der Waals surface area contributed by atoms with Gasteiger partial charge in [0, 0.05) is 43.7 Å². The lowest BCUT2D eigenvalue weighted by atomic mass is 9.90. The Kier molecular flexibility index (Phi) is 5.23. The van der Waals surface area contributed by atoms with Gasteiger partial charge in [0.05, 0.1) is 5.92 Å². The van der Waals surface area contributed by atoms with Crippen LogP contribution in [0.15, 0.2) is 29.0 Å². The van der Waals surface area contributed by atoms with Gasteiger partial charge in [-0.15, -0.1) is 0 Å². The highest BCUT2D eigenvalue weighted by molar-refractivity contribution is 5.77. The lowest BCUT2D eigenvalue weighted by molar-refractivity contribution is -0.131. The van der Waals surface area contributed by atoms with Crippen LogP contribution >= 0.6 is 0 Å². The molecule has 0 bridgehead atoms. The number of carbonyl (C=O) groups is 1. The summed E-state index contributed by atoms with van der Waals surface area (Å²) in [6, 6.07) is 4.03. The third-order valence-corrected chi connectivity index (χ3v) is 5.86. The van der Waals surface area contributed by atoms with Crippen molar-refractivity contribution in [2.75, 3.05) is 13.1 Å². The predicted octanol–water partition coefficient (Wildman–Crippen LogP) is 3.88. The third kappa shape index (κ3) is 3.89. The number of aromatic nitrogens is 3. The molecule has 0 radical (unpaired) electrons. The Balaban J connectivity index is 1.58. The fourth-order valence-electron chi connectivity index (χ4n) is 4.42. The lowest BCUT2D eigenvalue weighted by Crippen LogP contribution is -2.29. The Labute approximate surface area is 160 Å².